The van der Waals surface area contributed by atoms with Gasteiger partial charge in [-0.3, -0.25) is 0 Å². The van der Waals surface area contributed by atoms with E-state index in [1.165, 1.54) is 12.1 Å². The van der Waals surface area contributed by atoms with Crippen molar-refractivity contribution in [2.45, 2.75) is 38.6 Å². The standard InChI is InChI=1S/C11H18N2OS/c1-8(2)10-6-12-11(15)13(10)9-4-3-5-14-7-9/h6,8-9H,3-5,7H2,1-2H3,(H,12,15). The van der Waals surface area contributed by atoms with Gasteiger partial charge in [-0.2, -0.15) is 0 Å². The largest absolute Gasteiger partial charge is 0.379 e. The minimum absolute atomic E-state index is 0.426. The highest BCUT2D eigenvalue weighted by molar-refractivity contribution is 7.71. The molecule has 1 aromatic rings. The molecule has 0 radical (unpaired) electrons. The Kier molecular flexibility index (Phi) is 3.26. The molecular weight excluding hydrogens is 208 g/mol. The molecule has 1 aromatic heterocycles. The Balaban J connectivity index is 2.32. The molecule has 1 aliphatic heterocycles. The van der Waals surface area contributed by atoms with Gasteiger partial charge in [-0.05, 0) is 31.0 Å². The maximum atomic E-state index is 5.51. The van der Waals surface area contributed by atoms with Crippen molar-refractivity contribution in [1.29, 1.82) is 0 Å². The highest BCUT2D eigenvalue weighted by Gasteiger charge is 2.20. The molecule has 0 amide bonds. The van der Waals surface area contributed by atoms with Crippen molar-refractivity contribution in [3.8, 4) is 0 Å². The van der Waals surface area contributed by atoms with Crippen LogP contribution in [0.1, 0.15) is 44.3 Å². The quantitative estimate of drug-likeness (QED) is 0.786. The Morgan fingerprint density at radius 1 is 1.60 bits per heavy atom. The zero-order chi connectivity index (χ0) is 10.8. The minimum Gasteiger partial charge on any atom is -0.379 e. The molecule has 2 rings (SSSR count). The minimum atomic E-state index is 0.426. The van der Waals surface area contributed by atoms with Gasteiger partial charge in [0.25, 0.3) is 0 Å². The predicted octanol–water partition coefficient (Wildman–Crippen LogP) is 3.02. The number of rotatable bonds is 2. The summed E-state index contributed by atoms with van der Waals surface area (Å²) in [4.78, 5) is 3.14. The lowest BCUT2D eigenvalue weighted by atomic mass is 10.1. The molecule has 1 saturated heterocycles. The van der Waals surface area contributed by atoms with E-state index in [1.807, 2.05) is 6.20 Å². The maximum absolute atomic E-state index is 5.51. The van der Waals surface area contributed by atoms with Crippen LogP contribution in [0.3, 0.4) is 0 Å². The van der Waals surface area contributed by atoms with E-state index in [-0.39, 0.29) is 0 Å². The molecule has 84 valence electrons. The van der Waals surface area contributed by atoms with Crippen molar-refractivity contribution in [1.82, 2.24) is 9.55 Å². The number of nitrogens with zero attached hydrogens (tertiary/aromatic N) is 1. The molecule has 0 aliphatic carbocycles. The lowest BCUT2D eigenvalue weighted by Crippen LogP contribution is -2.23. The van der Waals surface area contributed by atoms with Crippen LogP contribution in [-0.2, 0) is 4.74 Å². The predicted molar refractivity (Wildman–Crippen MR) is 62.8 cm³/mol. The average Bonchev–Trinajstić information content (AvgIpc) is 2.61. The van der Waals surface area contributed by atoms with Gasteiger partial charge in [-0.25, -0.2) is 0 Å². The first-order valence-corrected chi connectivity index (χ1v) is 5.98. The van der Waals surface area contributed by atoms with E-state index in [0.29, 0.717) is 12.0 Å². The molecule has 0 saturated carbocycles. The van der Waals surface area contributed by atoms with E-state index < -0.39 is 0 Å². The summed E-state index contributed by atoms with van der Waals surface area (Å²) in [5, 5.41) is 0. The van der Waals surface area contributed by atoms with Crippen molar-refractivity contribution in [2.75, 3.05) is 13.2 Å². The second kappa shape index (κ2) is 4.49. The van der Waals surface area contributed by atoms with E-state index in [9.17, 15) is 0 Å². The summed E-state index contributed by atoms with van der Waals surface area (Å²) >= 11 is 5.32. The third-order valence-electron chi connectivity index (χ3n) is 2.93. The highest BCUT2D eigenvalue weighted by atomic mass is 32.1. The van der Waals surface area contributed by atoms with Gasteiger partial charge >= 0.3 is 0 Å². The van der Waals surface area contributed by atoms with E-state index >= 15 is 0 Å². The molecule has 1 fully saturated rings. The van der Waals surface area contributed by atoms with Crippen molar-refractivity contribution < 1.29 is 4.74 Å². The van der Waals surface area contributed by atoms with Crippen molar-refractivity contribution in [2.24, 2.45) is 0 Å². The van der Waals surface area contributed by atoms with Crippen LogP contribution in [0.2, 0.25) is 0 Å². The highest BCUT2D eigenvalue weighted by Crippen LogP contribution is 2.25. The number of hydrogen-bond acceptors (Lipinski definition) is 2. The van der Waals surface area contributed by atoms with Gasteiger partial charge in [0.05, 0.1) is 12.6 Å². The van der Waals surface area contributed by atoms with Crippen molar-refractivity contribution >= 4 is 12.2 Å². The number of hydrogen-bond donors (Lipinski definition) is 1. The number of ether oxygens (including phenoxy) is 1. The van der Waals surface area contributed by atoms with Crippen LogP contribution in [0.25, 0.3) is 0 Å². The van der Waals surface area contributed by atoms with Gasteiger partial charge in [0.15, 0.2) is 4.77 Å². The van der Waals surface area contributed by atoms with Gasteiger partial charge in [-0.1, -0.05) is 13.8 Å². The lowest BCUT2D eigenvalue weighted by Gasteiger charge is -2.26. The van der Waals surface area contributed by atoms with E-state index in [2.05, 4.69) is 23.4 Å². The smallest absolute Gasteiger partial charge is 0.177 e. The molecule has 4 heteroatoms. The fourth-order valence-electron chi connectivity index (χ4n) is 2.14. The molecular formula is C11H18N2OS. The number of aromatic amines is 1. The third kappa shape index (κ3) is 2.16. The second-order valence-corrected chi connectivity index (χ2v) is 4.80. The molecule has 0 bridgehead atoms. The molecule has 2 heterocycles. The van der Waals surface area contributed by atoms with Gasteiger partial charge in [0.1, 0.15) is 0 Å². The van der Waals surface area contributed by atoms with E-state index in [0.717, 1.165) is 24.4 Å². The Bertz CT molecular complexity index is 374. The Labute approximate surface area is 95.5 Å². The first kappa shape index (κ1) is 10.9. The molecule has 1 N–H and O–H groups in total. The van der Waals surface area contributed by atoms with Gasteiger partial charge in [-0.15, -0.1) is 0 Å². The van der Waals surface area contributed by atoms with Gasteiger partial charge in [0, 0.05) is 18.5 Å². The second-order valence-electron chi connectivity index (χ2n) is 4.41. The number of imidazole rings is 1. The molecule has 1 unspecified atom stereocenters. The number of nitrogens with one attached hydrogen (secondary N) is 1. The molecule has 3 nitrogen and oxygen atoms in total. The fraction of sp³-hybridized carbons (Fsp3) is 0.727. The van der Waals surface area contributed by atoms with E-state index in [1.54, 1.807) is 0 Å². The van der Waals surface area contributed by atoms with Gasteiger partial charge in [0.2, 0.25) is 0 Å². The Morgan fingerprint density at radius 2 is 2.40 bits per heavy atom. The normalized spacial score (nSPS) is 22.2. The summed E-state index contributed by atoms with van der Waals surface area (Å²) in [7, 11) is 0. The first-order chi connectivity index (χ1) is 7.20. The van der Waals surface area contributed by atoms with Crippen LogP contribution < -0.4 is 0 Å². The first-order valence-electron chi connectivity index (χ1n) is 5.57. The SMILES string of the molecule is CC(C)c1c[nH]c(=S)n1C1CCCOC1. The average molecular weight is 226 g/mol. The van der Waals surface area contributed by atoms with Crippen LogP contribution in [0.5, 0.6) is 0 Å². The summed E-state index contributed by atoms with van der Waals surface area (Å²) in [6.45, 7) is 6.08. The zero-order valence-electron chi connectivity index (χ0n) is 9.32. The summed E-state index contributed by atoms with van der Waals surface area (Å²) < 4.78 is 8.58. The van der Waals surface area contributed by atoms with Crippen LogP contribution in [0, 0.1) is 4.77 Å². The van der Waals surface area contributed by atoms with E-state index in [4.69, 9.17) is 17.0 Å². The third-order valence-corrected chi connectivity index (χ3v) is 3.25. The number of aromatic nitrogens is 2. The summed E-state index contributed by atoms with van der Waals surface area (Å²) in [6, 6.07) is 0.426. The molecule has 0 spiro atoms. The van der Waals surface area contributed by atoms with Crippen molar-refractivity contribution in [3.05, 3.63) is 16.7 Å². The Hall–Kier alpha value is -0.610. The van der Waals surface area contributed by atoms with Crippen molar-refractivity contribution in [3.63, 3.8) is 0 Å². The molecule has 1 aliphatic rings. The molecule has 1 atom stereocenters. The topological polar surface area (TPSA) is 29.9 Å². The maximum Gasteiger partial charge on any atom is 0.177 e. The molecule has 0 aromatic carbocycles. The van der Waals surface area contributed by atoms with Crippen LogP contribution in [-0.4, -0.2) is 22.8 Å². The van der Waals surface area contributed by atoms with Crippen LogP contribution in [0.15, 0.2) is 6.20 Å². The van der Waals surface area contributed by atoms with Gasteiger partial charge < -0.3 is 14.3 Å². The monoisotopic (exact) mass is 226 g/mol. The van der Waals surface area contributed by atoms with Crippen LogP contribution in [0.4, 0.5) is 0 Å². The summed E-state index contributed by atoms with van der Waals surface area (Å²) in [6.07, 6.45) is 4.34. The lowest BCUT2D eigenvalue weighted by molar-refractivity contribution is 0.0576. The van der Waals surface area contributed by atoms with Crippen LogP contribution >= 0.6 is 12.2 Å². The fourth-order valence-corrected chi connectivity index (χ4v) is 2.45. The zero-order valence-corrected chi connectivity index (χ0v) is 10.1. The number of H-pyrrole nitrogens is 1. The summed E-state index contributed by atoms with van der Waals surface area (Å²) in [5.74, 6) is 0.500. The summed E-state index contributed by atoms with van der Waals surface area (Å²) in [5.41, 5.74) is 1.29. The Morgan fingerprint density at radius 3 is 3.00 bits per heavy atom. The molecule has 15 heavy (non-hydrogen) atoms.